The molecule has 0 spiro atoms. The van der Waals surface area contributed by atoms with Crippen LogP contribution in [0.4, 0.5) is 44.3 Å². The second kappa shape index (κ2) is 10.1. The molecular formula is C26H21F9N2O3. The van der Waals surface area contributed by atoms with E-state index in [2.05, 4.69) is 0 Å². The van der Waals surface area contributed by atoms with E-state index in [9.17, 15) is 49.4 Å². The standard InChI is InChI=1S/C26H21F9N2O3/c1-13(2)36-6-5-14(11-36)20-4-3-17(24(27,28)29)9-16(20)12-37-22(38)21(40-23(37)39)15-7-18(25(30,31)32)10-19(8-15)26(33,34)35/h3-11,13,21-22,38H,12H2,1-2H3/t21-,22+/m1/s1. The summed E-state index contributed by atoms with van der Waals surface area (Å²) in [4.78, 5) is 13.2. The van der Waals surface area contributed by atoms with Crippen LogP contribution in [0.1, 0.15) is 53.8 Å². The zero-order valence-corrected chi connectivity index (χ0v) is 20.7. The molecule has 1 aliphatic heterocycles. The summed E-state index contributed by atoms with van der Waals surface area (Å²) < 4.78 is 127. The number of rotatable bonds is 5. The molecule has 216 valence electrons. The Hall–Kier alpha value is -3.68. The van der Waals surface area contributed by atoms with Gasteiger partial charge in [-0.05, 0) is 72.5 Å². The van der Waals surface area contributed by atoms with E-state index in [0.717, 1.165) is 12.1 Å². The minimum absolute atomic E-state index is 0.0110. The summed E-state index contributed by atoms with van der Waals surface area (Å²) in [5.74, 6) is 0. The molecule has 0 saturated carbocycles. The summed E-state index contributed by atoms with van der Waals surface area (Å²) in [5.41, 5.74) is -4.58. The summed E-state index contributed by atoms with van der Waals surface area (Å²) in [6.45, 7) is 3.05. The second-order valence-corrected chi connectivity index (χ2v) is 9.50. The Balaban J connectivity index is 1.73. The Morgan fingerprint density at radius 1 is 0.850 bits per heavy atom. The van der Waals surface area contributed by atoms with Gasteiger partial charge < -0.3 is 14.4 Å². The van der Waals surface area contributed by atoms with Gasteiger partial charge in [-0.1, -0.05) is 6.07 Å². The second-order valence-electron chi connectivity index (χ2n) is 9.50. The SMILES string of the molecule is CC(C)n1ccc(-c2ccc(C(F)(F)F)cc2CN2C(=O)O[C@H](c3cc(C(F)(F)F)cc(C(F)(F)F)c3)[C@@H]2O)c1. The minimum Gasteiger partial charge on any atom is -0.436 e. The fourth-order valence-corrected chi connectivity index (χ4v) is 4.31. The highest BCUT2D eigenvalue weighted by Gasteiger charge is 2.45. The molecule has 1 aliphatic rings. The molecule has 5 nitrogen and oxygen atoms in total. The minimum atomic E-state index is -5.19. The van der Waals surface area contributed by atoms with Crippen LogP contribution < -0.4 is 0 Å². The van der Waals surface area contributed by atoms with Crippen molar-refractivity contribution < 1.29 is 54.2 Å². The van der Waals surface area contributed by atoms with E-state index in [1.165, 1.54) is 6.07 Å². The van der Waals surface area contributed by atoms with E-state index < -0.39 is 65.8 Å². The summed E-state index contributed by atoms with van der Waals surface area (Å²) >= 11 is 0. The molecule has 1 saturated heterocycles. The fourth-order valence-electron chi connectivity index (χ4n) is 4.31. The van der Waals surface area contributed by atoms with Gasteiger partial charge in [0.1, 0.15) is 0 Å². The third kappa shape index (κ3) is 5.91. The lowest BCUT2D eigenvalue weighted by Crippen LogP contribution is -2.34. The number of amides is 1. The van der Waals surface area contributed by atoms with Gasteiger partial charge in [0.25, 0.3) is 0 Å². The molecule has 1 fully saturated rings. The number of aliphatic hydroxyl groups excluding tert-OH is 1. The van der Waals surface area contributed by atoms with Gasteiger partial charge in [0.2, 0.25) is 0 Å². The molecule has 40 heavy (non-hydrogen) atoms. The van der Waals surface area contributed by atoms with Crippen molar-refractivity contribution in [2.75, 3.05) is 0 Å². The maximum atomic E-state index is 13.5. The van der Waals surface area contributed by atoms with Crippen molar-refractivity contribution in [1.29, 1.82) is 0 Å². The van der Waals surface area contributed by atoms with E-state index >= 15 is 0 Å². The predicted octanol–water partition coefficient (Wildman–Crippen LogP) is 7.80. The van der Waals surface area contributed by atoms with Crippen molar-refractivity contribution in [2.45, 2.75) is 57.3 Å². The molecule has 2 atom stereocenters. The Kier molecular flexibility index (Phi) is 7.37. The Labute approximate surface area is 221 Å². The van der Waals surface area contributed by atoms with Crippen LogP contribution in [-0.4, -0.2) is 26.9 Å². The topological polar surface area (TPSA) is 54.7 Å². The number of halogens is 9. The van der Waals surface area contributed by atoms with Crippen molar-refractivity contribution >= 4 is 6.09 Å². The Morgan fingerprint density at radius 3 is 1.93 bits per heavy atom. The zero-order valence-electron chi connectivity index (χ0n) is 20.7. The summed E-state index contributed by atoms with van der Waals surface area (Å²) in [6, 6.07) is 4.88. The van der Waals surface area contributed by atoms with Gasteiger partial charge in [0.15, 0.2) is 12.3 Å². The molecule has 2 aromatic carbocycles. The molecule has 0 unspecified atom stereocenters. The number of ether oxygens (including phenoxy) is 1. The number of hydrogen-bond acceptors (Lipinski definition) is 3. The van der Waals surface area contributed by atoms with Crippen LogP contribution in [0.2, 0.25) is 0 Å². The highest BCUT2D eigenvalue weighted by Crippen LogP contribution is 2.41. The van der Waals surface area contributed by atoms with Crippen LogP contribution in [0, 0.1) is 0 Å². The zero-order chi connectivity index (χ0) is 29.8. The first kappa shape index (κ1) is 29.3. The number of aromatic nitrogens is 1. The van der Waals surface area contributed by atoms with Crippen molar-refractivity contribution in [1.82, 2.24) is 9.47 Å². The van der Waals surface area contributed by atoms with Gasteiger partial charge in [-0.25, -0.2) is 4.79 Å². The van der Waals surface area contributed by atoms with E-state index in [4.69, 9.17) is 4.74 Å². The van der Waals surface area contributed by atoms with E-state index in [0.29, 0.717) is 22.6 Å². The van der Waals surface area contributed by atoms with Crippen LogP contribution in [0.3, 0.4) is 0 Å². The number of nitrogens with zero attached hydrogens (tertiary/aromatic N) is 2. The highest BCUT2D eigenvalue weighted by molar-refractivity contribution is 5.73. The predicted molar refractivity (Wildman–Crippen MR) is 122 cm³/mol. The molecule has 1 amide bonds. The lowest BCUT2D eigenvalue weighted by molar-refractivity contribution is -0.143. The molecule has 1 aromatic heterocycles. The smallest absolute Gasteiger partial charge is 0.416 e. The Morgan fingerprint density at radius 2 is 1.43 bits per heavy atom. The quantitative estimate of drug-likeness (QED) is 0.314. The molecule has 4 rings (SSSR count). The number of carbonyl (C=O) groups is 1. The van der Waals surface area contributed by atoms with Gasteiger partial charge in [-0.2, -0.15) is 39.5 Å². The number of alkyl halides is 9. The largest absolute Gasteiger partial charge is 0.436 e. The van der Waals surface area contributed by atoms with Crippen LogP contribution in [0.25, 0.3) is 11.1 Å². The maximum Gasteiger partial charge on any atom is 0.416 e. The summed E-state index contributed by atoms with van der Waals surface area (Å²) in [5, 5.41) is 10.8. The van der Waals surface area contributed by atoms with E-state index in [1.54, 1.807) is 23.0 Å². The van der Waals surface area contributed by atoms with Crippen molar-refractivity contribution in [2.24, 2.45) is 0 Å². The average molecular weight is 580 g/mol. The lowest BCUT2D eigenvalue weighted by atomic mass is 9.98. The normalized spacial score (nSPS) is 18.5. The molecule has 3 aromatic rings. The number of carbonyl (C=O) groups excluding carboxylic acids is 1. The highest BCUT2D eigenvalue weighted by atomic mass is 19.4. The van der Waals surface area contributed by atoms with Gasteiger partial charge in [0.05, 0.1) is 23.2 Å². The molecular weight excluding hydrogens is 559 g/mol. The lowest BCUT2D eigenvalue weighted by Gasteiger charge is -2.23. The van der Waals surface area contributed by atoms with Crippen molar-refractivity contribution in [3.05, 3.63) is 82.7 Å². The van der Waals surface area contributed by atoms with Crippen LogP contribution in [0.15, 0.2) is 54.9 Å². The molecule has 2 heterocycles. The molecule has 0 radical (unpaired) electrons. The average Bonchev–Trinajstić information content (AvgIpc) is 3.43. The van der Waals surface area contributed by atoms with Crippen LogP contribution in [0.5, 0.6) is 0 Å². The van der Waals surface area contributed by atoms with Crippen LogP contribution in [-0.2, 0) is 29.8 Å². The first-order valence-corrected chi connectivity index (χ1v) is 11.7. The van der Waals surface area contributed by atoms with Gasteiger partial charge in [0, 0.05) is 18.4 Å². The third-order valence-electron chi connectivity index (χ3n) is 6.39. The number of benzene rings is 2. The first-order chi connectivity index (χ1) is 18.4. The molecule has 14 heteroatoms. The van der Waals surface area contributed by atoms with Gasteiger partial charge in [-0.15, -0.1) is 0 Å². The number of cyclic esters (lactones) is 1. The third-order valence-corrected chi connectivity index (χ3v) is 6.39. The number of aliphatic hydroxyl groups is 1. The van der Waals surface area contributed by atoms with Crippen LogP contribution >= 0.6 is 0 Å². The van der Waals surface area contributed by atoms with Gasteiger partial charge >= 0.3 is 24.6 Å². The van der Waals surface area contributed by atoms with Crippen molar-refractivity contribution in [3.8, 4) is 11.1 Å². The fraction of sp³-hybridized carbons (Fsp3) is 0.346. The molecule has 1 N–H and O–H groups in total. The van der Waals surface area contributed by atoms with Gasteiger partial charge in [-0.3, -0.25) is 4.90 Å². The maximum absolute atomic E-state index is 13.5. The summed E-state index contributed by atoms with van der Waals surface area (Å²) in [6.07, 6.45) is -17.2. The van der Waals surface area contributed by atoms with E-state index in [1.807, 2.05) is 13.8 Å². The molecule has 0 bridgehead atoms. The first-order valence-electron chi connectivity index (χ1n) is 11.7. The summed E-state index contributed by atoms with van der Waals surface area (Å²) in [7, 11) is 0. The number of hydrogen-bond donors (Lipinski definition) is 1. The monoisotopic (exact) mass is 580 g/mol. The van der Waals surface area contributed by atoms with E-state index in [-0.39, 0.29) is 23.2 Å². The van der Waals surface area contributed by atoms with Crippen molar-refractivity contribution in [3.63, 3.8) is 0 Å². The Bertz CT molecular complexity index is 1380. The molecule has 0 aliphatic carbocycles.